The highest BCUT2D eigenvalue weighted by Crippen LogP contribution is 2.22. The molecule has 3 aromatic rings. The Morgan fingerprint density at radius 3 is 3.08 bits per heavy atom. The maximum atomic E-state index is 9.11. The van der Waals surface area contributed by atoms with Gasteiger partial charge in [-0.1, -0.05) is 6.07 Å². The molecule has 1 unspecified atom stereocenters. The number of aryl methyl sites for hydroxylation is 1. The van der Waals surface area contributed by atoms with Gasteiger partial charge in [-0.2, -0.15) is 5.26 Å². The lowest BCUT2D eigenvalue weighted by molar-refractivity contribution is 0.165. The average molecular weight is 334 g/mol. The van der Waals surface area contributed by atoms with Crippen molar-refractivity contribution in [2.24, 2.45) is 13.0 Å². The molecule has 4 heterocycles. The highest BCUT2D eigenvalue weighted by Gasteiger charge is 2.22. The maximum Gasteiger partial charge on any atom is 0.160 e. The maximum absolute atomic E-state index is 9.11. The van der Waals surface area contributed by atoms with Crippen LogP contribution in [0.5, 0.6) is 0 Å². The largest absolute Gasteiger partial charge is 0.342 e. The number of pyridine rings is 1. The van der Waals surface area contributed by atoms with Crippen molar-refractivity contribution in [3.8, 4) is 6.07 Å². The van der Waals surface area contributed by atoms with Gasteiger partial charge >= 0.3 is 0 Å². The van der Waals surface area contributed by atoms with Gasteiger partial charge in [0.1, 0.15) is 17.6 Å². The molecule has 1 atom stereocenters. The third-order valence-electron chi connectivity index (χ3n) is 5.04. The van der Waals surface area contributed by atoms with Crippen LogP contribution in [0, 0.1) is 17.2 Å². The van der Waals surface area contributed by atoms with E-state index in [0.717, 1.165) is 43.2 Å². The zero-order chi connectivity index (χ0) is 17.2. The molecule has 0 spiro atoms. The Morgan fingerprint density at radius 2 is 2.24 bits per heavy atom. The van der Waals surface area contributed by atoms with Gasteiger partial charge in [-0.05, 0) is 49.1 Å². The average Bonchev–Trinajstić information content (AvgIpc) is 3.19. The fourth-order valence-corrected chi connectivity index (χ4v) is 3.84. The summed E-state index contributed by atoms with van der Waals surface area (Å²) >= 11 is 0. The molecule has 25 heavy (non-hydrogen) atoms. The SMILES string of the molecule is Cn1cc(CN2CCCC(Cc3nnc4ccccn34)C2)cc1C#N. The van der Waals surface area contributed by atoms with Crippen LogP contribution in [0.4, 0.5) is 0 Å². The van der Waals surface area contributed by atoms with Crippen molar-refractivity contribution < 1.29 is 0 Å². The van der Waals surface area contributed by atoms with Crippen molar-refractivity contribution in [1.29, 1.82) is 5.26 Å². The van der Waals surface area contributed by atoms with E-state index in [9.17, 15) is 0 Å². The summed E-state index contributed by atoms with van der Waals surface area (Å²) < 4.78 is 3.99. The fraction of sp³-hybridized carbons (Fsp3) is 0.421. The minimum atomic E-state index is 0.598. The molecule has 1 saturated heterocycles. The molecule has 0 aromatic carbocycles. The molecule has 0 bridgehead atoms. The summed E-state index contributed by atoms with van der Waals surface area (Å²) in [5.41, 5.74) is 2.85. The second-order valence-corrected chi connectivity index (χ2v) is 6.95. The Bertz CT molecular complexity index is 916. The van der Waals surface area contributed by atoms with Crippen LogP contribution in [0.15, 0.2) is 36.7 Å². The van der Waals surface area contributed by atoms with Gasteiger partial charge in [-0.25, -0.2) is 0 Å². The molecular formula is C19H22N6. The molecule has 0 saturated carbocycles. The highest BCUT2D eigenvalue weighted by molar-refractivity contribution is 5.37. The summed E-state index contributed by atoms with van der Waals surface area (Å²) in [4.78, 5) is 2.49. The van der Waals surface area contributed by atoms with Crippen LogP contribution >= 0.6 is 0 Å². The molecule has 128 valence electrons. The van der Waals surface area contributed by atoms with E-state index in [1.165, 1.54) is 18.4 Å². The van der Waals surface area contributed by atoms with Crippen LogP contribution in [0.1, 0.15) is 29.9 Å². The normalized spacial score (nSPS) is 18.5. The van der Waals surface area contributed by atoms with E-state index in [1.807, 2.05) is 42.1 Å². The second kappa shape index (κ2) is 6.69. The smallest absolute Gasteiger partial charge is 0.160 e. The number of hydrogen-bond acceptors (Lipinski definition) is 4. The first-order chi connectivity index (χ1) is 12.2. The summed E-state index contributed by atoms with van der Waals surface area (Å²) in [6, 6.07) is 10.2. The van der Waals surface area contributed by atoms with E-state index in [4.69, 9.17) is 5.26 Å². The van der Waals surface area contributed by atoms with Crippen LogP contribution in [0.25, 0.3) is 5.65 Å². The lowest BCUT2D eigenvalue weighted by Crippen LogP contribution is -2.35. The predicted octanol–water partition coefficient (Wildman–Crippen LogP) is 2.39. The van der Waals surface area contributed by atoms with Crippen molar-refractivity contribution in [3.63, 3.8) is 0 Å². The number of fused-ring (bicyclic) bond motifs is 1. The molecule has 4 rings (SSSR count). The minimum absolute atomic E-state index is 0.598. The van der Waals surface area contributed by atoms with E-state index < -0.39 is 0 Å². The quantitative estimate of drug-likeness (QED) is 0.735. The van der Waals surface area contributed by atoms with Gasteiger partial charge in [0.15, 0.2) is 5.65 Å². The molecule has 1 fully saturated rings. The van der Waals surface area contributed by atoms with Gasteiger partial charge in [0.05, 0.1) is 0 Å². The lowest BCUT2D eigenvalue weighted by Gasteiger charge is -2.32. The number of aromatic nitrogens is 4. The molecule has 3 aromatic heterocycles. The van der Waals surface area contributed by atoms with Crippen molar-refractivity contribution in [2.75, 3.05) is 13.1 Å². The van der Waals surface area contributed by atoms with Crippen molar-refractivity contribution in [1.82, 2.24) is 24.1 Å². The third-order valence-corrected chi connectivity index (χ3v) is 5.04. The second-order valence-electron chi connectivity index (χ2n) is 6.95. The first-order valence-corrected chi connectivity index (χ1v) is 8.79. The number of nitriles is 1. The zero-order valence-electron chi connectivity index (χ0n) is 14.5. The number of hydrogen-bond donors (Lipinski definition) is 0. The summed E-state index contributed by atoms with van der Waals surface area (Å²) in [6.45, 7) is 3.10. The highest BCUT2D eigenvalue weighted by atomic mass is 15.2. The Balaban J connectivity index is 1.43. The first-order valence-electron chi connectivity index (χ1n) is 8.79. The molecule has 1 aliphatic rings. The summed E-state index contributed by atoms with van der Waals surface area (Å²) in [6.07, 6.45) is 7.50. The summed E-state index contributed by atoms with van der Waals surface area (Å²) in [5, 5.41) is 17.7. The molecule has 1 aliphatic heterocycles. The van der Waals surface area contributed by atoms with Crippen LogP contribution in [-0.4, -0.2) is 37.2 Å². The molecule has 6 heteroatoms. The monoisotopic (exact) mass is 334 g/mol. The van der Waals surface area contributed by atoms with Gasteiger partial charge < -0.3 is 4.57 Å². The van der Waals surface area contributed by atoms with E-state index in [1.54, 1.807) is 0 Å². The van der Waals surface area contributed by atoms with Crippen molar-refractivity contribution >= 4 is 5.65 Å². The van der Waals surface area contributed by atoms with E-state index in [2.05, 4.69) is 31.8 Å². The Kier molecular flexibility index (Phi) is 4.24. The number of rotatable bonds is 4. The van der Waals surface area contributed by atoms with Crippen molar-refractivity contribution in [2.45, 2.75) is 25.8 Å². The van der Waals surface area contributed by atoms with Gasteiger partial charge in [-0.15, -0.1) is 10.2 Å². The van der Waals surface area contributed by atoms with E-state index in [0.29, 0.717) is 5.92 Å². The van der Waals surface area contributed by atoms with Crippen molar-refractivity contribution in [3.05, 3.63) is 53.7 Å². The lowest BCUT2D eigenvalue weighted by atomic mass is 9.94. The molecule has 6 nitrogen and oxygen atoms in total. The summed E-state index contributed by atoms with van der Waals surface area (Å²) in [5.74, 6) is 1.65. The van der Waals surface area contributed by atoms with Gasteiger partial charge in [0.2, 0.25) is 0 Å². The zero-order valence-corrected chi connectivity index (χ0v) is 14.5. The Labute approximate surface area is 147 Å². The third kappa shape index (κ3) is 3.28. The van der Waals surface area contributed by atoms with Crippen LogP contribution in [0.2, 0.25) is 0 Å². The number of likely N-dealkylation sites (tertiary alicyclic amines) is 1. The first kappa shape index (κ1) is 15.9. The van der Waals surface area contributed by atoms with Gasteiger partial charge in [0.25, 0.3) is 0 Å². The topological polar surface area (TPSA) is 62.1 Å². The predicted molar refractivity (Wildman–Crippen MR) is 94.8 cm³/mol. The molecule has 0 N–H and O–H groups in total. The number of nitrogens with zero attached hydrogens (tertiary/aromatic N) is 6. The van der Waals surface area contributed by atoms with Crippen LogP contribution in [0.3, 0.4) is 0 Å². The van der Waals surface area contributed by atoms with E-state index in [-0.39, 0.29) is 0 Å². The van der Waals surface area contributed by atoms with E-state index >= 15 is 0 Å². The van der Waals surface area contributed by atoms with Gasteiger partial charge in [-0.3, -0.25) is 9.30 Å². The standard InChI is InChI=1S/C19H22N6/c1-23-12-16(9-17(23)11-20)14-24-7-4-5-15(13-24)10-19-22-21-18-6-2-3-8-25(18)19/h2-3,6,8-9,12,15H,4-5,7,10,13-14H2,1H3. The fourth-order valence-electron chi connectivity index (χ4n) is 3.84. The van der Waals surface area contributed by atoms with Crippen LogP contribution < -0.4 is 0 Å². The molecule has 0 amide bonds. The van der Waals surface area contributed by atoms with Crippen LogP contribution in [-0.2, 0) is 20.0 Å². The molecule has 0 radical (unpaired) electrons. The molecule has 0 aliphatic carbocycles. The Hall–Kier alpha value is -2.65. The minimum Gasteiger partial charge on any atom is -0.342 e. The molecular weight excluding hydrogens is 312 g/mol. The van der Waals surface area contributed by atoms with Gasteiger partial charge in [0, 0.05) is 39.0 Å². The Morgan fingerprint density at radius 1 is 1.32 bits per heavy atom. The summed E-state index contributed by atoms with van der Waals surface area (Å²) in [7, 11) is 1.93. The number of piperidine rings is 1.